The van der Waals surface area contributed by atoms with E-state index < -0.39 is 17.7 Å². The van der Waals surface area contributed by atoms with Crippen molar-refractivity contribution >= 4 is 22.8 Å². The number of ketones is 1. The molecule has 5 nitrogen and oxygen atoms in total. The number of carbonyl (C=O) groups is 2. The highest BCUT2D eigenvalue weighted by Crippen LogP contribution is 2.37. The highest BCUT2D eigenvalue weighted by Gasteiger charge is 2.30. The molecule has 1 aliphatic carbocycles. The van der Waals surface area contributed by atoms with Crippen molar-refractivity contribution in [1.82, 2.24) is 9.55 Å². The first-order valence-electron chi connectivity index (χ1n) is 12.3. The van der Waals surface area contributed by atoms with Crippen LogP contribution in [-0.2, 0) is 12.6 Å². The van der Waals surface area contributed by atoms with Crippen LogP contribution < -0.4 is 0 Å². The average molecular weight is 507 g/mol. The molecule has 5 rings (SSSR count). The molecule has 1 aliphatic rings. The summed E-state index contributed by atoms with van der Waals surface area (Å²) < 4.78 is 41.1. The molecular weight excluding hydrogens is 481 g/mol. The van der Waals surface area contributed by atoms with Gasteiger partial charge < -0.3 is 9.67 Å². The van der Waals surface area contributed by atoms with Crippen molar-refractivity contribution in [2.24, 2.45) is 0 Å². The van der Waals surface area contributed by atoms with Gasteiger partial charge in [-0.3, -0.25) is 4.79 Å². The molecule has 0 spiro atoms. The Morgan fingerprint density at radius 2 is 1.65 bits per heavy atom. The summed E-state index contributed by atoms with van der Waals surface area (Å²) in [6, 6.07) is 17.4. The fraction of sp³-hybridized carbons (Fsp3) is 0.276. The summed E-state index contributed by atoms with van der Waals surface area (Å²) in [6.45, 7) is 0. The Morgan fingerprint density at radius 1 is 0.946 bits per heavy atom. The van der Waals surface area contributed by atoms with Crippen LogP contribution in [-0.4, -0.2) is 26.4 Å². The lowest BCUT2D eigenvalue weighted by atomic mass is 10.0. The molecule has 0 aliphatic heterocycles. The van der Waals surface area contributed by atoms with Gasteiger partial charge >= 0.3 is 12.1 Å². The van der Waals surface area contributed by atoms with Gasteiger partial charge in [0.2, 0.25) is 0 Å². The zero-order chi connectivity index (χ0) is 26.2. The Morgan fingerprint density at radius 3 is 2.32 bits per heavy atom. The number of benzene rings is 3. The number of Topliss-reactive ketones (excluding diaryl/α,β-unsaturated/α-hetero) is 1. The van der Waals surface area contributed by atoms with Gasteiger partial charge in [-0.1, -0.05) is 55.3 Å². The molecule has 1 saturated carbocycles. The first-order valence-corrected chi connectivity index (χ1v) is 12.3. The van der Waals surface area contributed by atoms with Gasteiger partial charge in [0.25, 0.3) is 0 Å². The van der Waals surface area contributed by atoms with Crippen LogP contribution in [0.2, 0.25) is 0 Å². The van der Waals surface area contributed by atoms with E-state index in [-0.39, 0.29) is 30.2 Å². The Bertz CT molecular complexity index is 1470. The third kappa shape index (κ3) is 5.14. The molecule has 3 aromatic carbocycles. The van der Waals surface area contributed by atoms with Crippen LogP contribution in [0.1, 0.15) is 70.0 Å². The van der Waals surface area contributed by atoms with E-state index in [1.54, 1.807) is 36.4 Å². The Balaban J connectivity index is 1.39. The first kappa shape index (κ1) is 24.7. The molecule has 1 heterocycles. The van der Waals surface area contributed by atoms with Crippen LogP contribution in [0.4, 0.5) is 13.2 Å². The number of carboxylic acid groups (broad SMARTS) is 1. The third-order valence-corrected chi connectivity index (χ3v) is 6.99. The lowest BCUT2D eigenvalue weighted by molar-refractivity contribution is -0.137. The van der Waals surface area contributed by atoms with Gasteiger partial charge in [-0.25, -0.2) is 9.78 Å². The molecule has 4 aromatic rings. The number of aromatic nitrogens is 2. The second-order valence-corrected chi connectivity index (χ2v) is 9.45. The standard InChI is InChI=1S/C29H25F3N2O3/c30-29(31,32)22-5-3-4-18(16-22)8-15-26(35)19-9-11-20(12-10-19)27-33-24-17-21(28(36)37)13-14-25(24)34(27)23-6-1-2-7-23/h3-5,9-14,16-17,23H,1-2,6-8,15H2,(H,36,37). The highest BCUT2D eigenvalue weighted by molar-refractivity contribution is 5.97. The minimum atomic E-state index is -4.42. The number of halogens is 3. The summed E-state index contributed by atoms with van der Waals surface area (Å²) in [5.41, 5.74) is 2.71. The number of aromatic carboxylic acids is 1. The number of hydrogen-bond acceptors (Lipinski definition) is 3. The molecular formula is C29H25F3N2O3. The van der Waals surface area contributed by atoms with E-state index in [0.717, 1.165) is 54.7 Å². The van der Waals surface area contributed by atoms with Gasteiger partial charge in [-0.2, -0.15) is 13.2 Å². The molecule has 0 amide bonds. The van der Waals surface area contributed by atoms with Crippen LogP contribution in [0.3, 0.4) is 0 Å². The number of carbonyl (C=O) groups excluding carboxylic acids is 1. The SMILES string of the molecule is O=C(O)c1ccc2c(c1)nc(-c1ccc(C(=O)CCc3cccc(C(F)(F)F)c3)cc1)n2C1CCCC1. The summed E-state index contributed by atoms with van der Waals surface area (Å²) in [4.78, 5) is 29.0. The van der Waals surface area contributed by atoms with E-state index in [1.165, 1.54) is 6.07 Å². The number of nitrogens with zero attached hydrogens (tertiary/aromatic N) is 2. The van der Waals surface area contributed by atoms with Crippen molar-refractivity contribution in [2.45, 2.75) is 50.7 Å². The van der Waals surface area contributed by atoms with E-state index in [1.807, 2.05) is 12.1 Å². The molecule has 0 atom stereocenters. The number of carboxylic acids is 1. The summed E-state index contributed by atoms with van der Waals surface area (Å²) in [5.74, 6) is -0.432. The predicted octanol–water partition coefficient (Wildman–Crippen LogP) is 7.35. The van der Waals surface area contributed by atoms with Crippen molar-refractivity contribution < 1.29 is 27.9 Å². The maximum absolute atomic E-state index is 13.0. The van der Waals surface area contributed by atoms with Crippen molar-refractivity contribution in [3.05, 3.63) is 89.0 Å². The molecule has 37 heavy (non-hydrogen) atoms. The van der Waals surface area contributed by atoms with Crippen LogP contribution in [0.25, 0.3) is 22.4 Å². The van der Waals surface area contributed by atoms with Gasteiger partial charge in [0.05, 0.1) is 22.2 Å². The monoisotopic (exact) mass is 506 g/mol. The van der Waals surface area contributed by atoms with E-state index in [4.69, 9.17) is 4.98 Å². The number of imidazole rings is 1. The first-order chi connectivity index (χ1) is 17.7. The van der Waals surface area contributed by atoms with E-state index in [9.17, 15) is 27.9 Å². The van der Waals surface area contributed by atoms with Gasteiger partial charge in [0.1, 0.15) is 5.82 Å². The quantitative estimate of drug-likeness (QED) is 0.266. The lowest BCUT2D eigenvalue weighted by Gasteiger charge is -2.16. The summed E-state index contributed by atoms with van der Waals surface area (Å²) in [6.07, 6.45) is 0.177. The largest absolute Gasteiger partial charge is 0.478 e. The Kier molecular flexibility index (Phi) is 6.58. The van der Waals surface area contributed by atoms with Crippen LogP contribution in [0, 0.1) is 0 Å². The zero-order valence-electron chi connectivity index (χ0n) is 20.0. The highest BCUT2D eigenvalue weighted by atomic mass is 19.4. The van der Waals surface area contributed by atoms with Gasteiger partial charge in [-0.05, 0) is 49.1 Å². The van der Waals surface area contributed by atoms with Gasteiger partial charge in [0.15, 0.2) is 5.78 Å². The Hall–Kier alpha value is -3.94. The lowest BCUT2D eigenvalue weighted by Crippen LogP contribution is -2.07. The van der Waals surface area contributed by atoms with Crippen LogP contribution in [0.5, 0.6) is 0 Å². The second-order valence-electron chi connectivity index (χ2n) is 9.45. The number of aryl methyl sites for hydroxylation is 1. The normalized spacial score (nSPS) is 14.4. The summed E-state index contributed by atoms with van der Waals surface area (Å²) in [7, 11) is 0. The second kappa shape index (κ2) is 9.84. The van der Waals surface area contributed by atoms with Crippen molar-refractivity contribution in [1.29, 1.82) is 0 Å². The molecule has 0 unspecified atom stereocenters. The van der Waals surface area contributed by atoms with Gasteiger partial charge in [0, 0.05) is 23.6 Å². The third-order valence-electron chi connectivity index (χ3n) is 6.99. The fourth-order valence-electron chi connectivity index (χ4n) is 5.08. The summed E-state index contributed by atoms with van der Waals surface area (Å²) in [5, 5.41) is 9.38. The number of alkyl halides is 3. The average Bonchev–Trinajstić information content (AvgIpc) is 3.54. The molecule has 1 N–H and O–H groups in total. The summed E-state index contributed by atoms with van der Waals surface area (Å²) >= 11 is 0. The number of rotatable bonds is 7. The van der Waals surface area contributed by atoms with Crippen molar-refractivity contribution in [3.63, 3.8) is 0 Å². The number of fused-ring (bicyclic) bond motifs is 1. The van der Waals surface area contributed by atoms with E-state index >= 15 is 0 Å². The van der Waals surface area contributed by atoms with E-state index in [2.05, 4.69) is 4.57 Å². The van der Waals surface area contributed by atoms with Crippen molar-refractivity contribution in [2.75, 3.05) is 0 Å². The predicted molar refractivity (Wildman–Crippen MR) is 134 cm³/mol. The molecule has 0 saturated heterocycles. The minimum Gasteiger partial charge on any atom is -0.478 e. The molecule has 8 heteroatoms. The van der Waals surface area contributed by atoms with Crippen LogP contribution >= 0.6 is 0 Å². The molecule has 0 bridgehead atoms. The molecule has 1 aromatic heterocycles. The maximum atomic E-state index is 13.0. The fourth-order valence-corrected chi connectivity index (χ4v) is 5.08. The van der Waals surface area contributed by atoms with Gasteiger partial charge in [-0.15, -0.1) is 0 Å². The maximum Gasteiger partial charge on any atom is 0.416 e. The van der Waals surface area contributed by atoms with Crippen molar-refractivity contribution in [3.8, 4) is 11.4 Å². The molecule has 190 valence electrons. The van der Waals surface area contributed by atoms with Crippen LogP contribution in [0.15, 0.2) is 66.7 Å². The van der Waals surface area contributed by atoms with E-state index in [0.29, 0.717) is 16.6 Å². The molecule has 0 radical (unpaired) electrons. The smallest absolute Gasteiger partial charge is 0.416 e. The Labute approximate surface area is 211 Å². The number of hydrogen-bond donors (Lipinski definition) is 1. The minimum absolute atomic E-state index is 0.0964. The zero-order valence-corrected chi connectivity index (χ0v) is 20.0. The topological polar surface area (TPSA) is 72.2 Å². The molecule has 1 fully saturated rings.